The van der Waals surface area contributed by atoms with Crippen molar-refractivity contribution in [1.82, 2.24) is 20.2 Å². The molecule has 8 nitrogen and oxygen atoms in total. The normalized spacial score (nSPS) is 13.0. The standard InChI is InChI=1S/C20H21N5O3S/c1-2-28-20(27)17-12-7-3-4-9-14(12)29-19(17)23-16(26)11-15-22-18(25-24-15)13-8-5-6-10-21-13/h5-6,8,10H,2-4,7,9,11H2,1H3,(H,23,26)(H,22,24,25). The van der Waals surface area contributed by atoms with Crippen LogP contribution in [0.15, 0.2) is 24.4 Å². The van der Waals surface area contributed by atoms with Gasteiger partial charge in [-0.25, -0.2) is 9.78 Å². The van der Waals surface area contributed by atoms with Crippen molar-refractivity contribution in [3.05, 3.63) is 46.2 Å². The quantitative estimate of drug-likeness (QED) is 0.603. The Morgan fingerprint density at radius 2 is 2.14 bits per heavy atom. The Balaban J connectivity index is 1.51. The molecule has 0 aliphatic heterocycles. The van der Waals surface area contributed by atoms with E-state index < -0.39 is 0 Å². The SMILES string of the molecule is CCOC(=O)c1c(NC(=O)Cc2nc(-c3ccccn3)n[nH]2)sc2c1CCCC2. The summed E-state index contributed by atoms with van der Waals surface area (Å²) in [6.07, 6.45) is 5.58. The van der Waals surface area contributed by atoms with Gasteiger partial charge >= 0.3 is 5.97 Å². The minimum absolute atomic E-state index is 0.0185. The van der Waals surface area contributed by atoms with Crippen molar-refractivity contribution >= 4 is 28.2 Å². The minimum Gasteiger partial charge on any atom is -0.462 e. The van der Waals surface area contributed by atoms with E-state index in [9.17, 15) is 9.59 Å². The molecule has 0 spiro atoms. The summed E-state index contributed by atoms with van der Waals surface area (Å²) >= 11 is 1.47. The number of carbonyl (C=O) groups excluding carboxylic acids is 2. The number of fused-ring (bicyclic) bond motifs is 1. The summed E-state index contributed by atoms with van der Waals surface area (Å²) in [6.45, 7) is 2.07. The predicted molar refractivity (Wildman–Crippen MR) is 109 cm³/mol. The number of hydrogen-bond acceptors (Lipinski definition) is 7. The maximum Gasteiger partial charge on any atom is 0.341 e. The fraction of sp³-hybridized carbons (Fsp3) is 0.350. The zero-order chi connectivity index (χ0) is 20.2. The average Bonchev–Trinajstić information content (AvgIpc) is 3.33. The van der Waals surface area contributed by atoms with Gasteiger partial charge in [0.05, 0.1) is 18.6 Å². The molecular formula is C20H21N5O3S. The van der Waals surface area contributed by atoms with E-state index in [2.05, 4.69) is 25.5 Å². The van der Waals surface area contributed by atoms with Crippen molar-refractivity contribution in [1.29, 1.82) is 0 Å². The van der Waals surface area contributed by atoms with E-state index >= 15 is 0 Å². The summed E-state index contributed by atoms with van der Waals surface area (Å²) in [5.41, 5.74) is 2.16. The highest BCUT2D eigenvalue weighted by molar-refractivity contribution is 7.17. The number of pyridine rings is 1. The number of aromatic amines is 1. The zero-order valence-corrected chi connectivity index (χ0v) is 16.8. The molecule has 150 valence electrons. The Bertz CT molecular complexity index is 1030. The zero-order valence-electron chi connectivity index (χ0n) is 16.0. The maximum absolute atomic E-state index is 12.6. The van der Waals surface area contributed by atoms with Gasteiger partial charge in [0.25, 0.3) is 0 Å². The number of nitrogens with one attached hydrogen (secondary N) is 2. The smallest absolute Gasteiger partial charge is 0.341 e. The Labute approximate surface area is 171 Å². The lowest BCUT2D eigenvalue weighted by molar-refractivity contribution is -0.115. The number of aryl methyl sites for hydroxylation is 1. The van der Waals surface area contributed by atoms with E-state index in [0.29, 0.717) is 34.5 Å². The molecule has 29 heavy (non-hydrogen) atoms. The number of thiophene rings is 1. The first-order chi connectivity index (χ1) is 14.2. The lowest BCUT2D eigenvalue weighted by Gasteiger charge is -2.12. The molecule has 1 aliphatic rings. The van der Waals surface area contributed by atoms with Gasteiger partial charge < -0.3 is 10.1 Å². The van der Waals surface area contributed by atoms with Crippen molar-refractivity contribution in [3.8, 4) is 11.5 Å². The van der Waals surface area contributed by atoms with Crippen LogP contribution in [0.2, 0.25) is 0 Å². The Kier molecular flexibility index (Phi) is 5.66. The number of H-pyrrole nitrogens is 1. The van der Waals surface area contributed by atoms with Crippen molar-refractivity contribution in [2.24, 2.45) is 0 Å². The van der Waals surface area contributed by atoms with Crippen LogP contribution >= 0.6 is 11.3 Å². The van der Waals surface area contributed by atoms with E-state index in [1.165, 1.54) is 11.3 Å². The monoisotopic (exact) mass is 411 g/mol. The molecule has 9 heteroatoms. The summed E-state index contributed by atoms with van der Waals surface area (Å²) < 4.78 is 5.23. The van der Waals surface area contributed by atoms with Crippen LogP contribution in [-0.2, 0) is 28.8 Å². The van der Waals surface area contributed by atoms with Crippen LogP contribution in [0.3, 0.4) is 0 Å². The molecule has 2 N–H and O–H groups in total. The third kappa shape index (κ3) is 4.19. The largest absolute Gasteiger partial charge is 0.462 e. The molecule has 0 saturated carbocycles. The van der Waals surface area contributed by atoms with Gasteiger partial charge in [-0.05, 0) is 50.3 Å². The minimum atomic E-state index is -0.376. The summed E-state index contributed by atoms with van der Waals surface area (Å²) in [6, 6.07) is 5.46. The highest BCUT2D eigenvalue weighted by atomic mass is 32.1. The van der Waals surface area contributed by atoms with E-state index in [-0.39, 0.29) is 18.3 Å². The molecule has 0 unspecified atom stereocenters. The number of anilines is 1. The summed E-state index contributed by atoms with van der Waals surface area (Å²) in [5, 5.41) is 10.3. The van der Waals surface area contributed by atoms with Crippen LogP contribution in [0.4, 0.5) is 5.00 Å². The Hall–Kier alpha value is -3.07. The van der Waals surface area contributed by atoms with Crippen LogP contribution in [0, 0.1) is 0 Å². The van der Waals surface area contributed by atoms with E-state index in [4.69, 9.17) is 4.74 Å². The Morgan fingerprint density at radius 1 is 1.28 bits per heavy atom. The first kappa shape index (κ1) is 19.3. The van der Waals surface area contributed by atoms with E-state index in [1.807, 2.05) is 12.1 Å². The van der Waals surface area contributed by atoms with Crippen LogP contribution in [-0.4, -0.2) is 38.6 Å². The number of nitrogens with zero attached hydrogens (tertiary/aromatic N) is 3. The average molecular weight is 411 g/mol. The molecular weight excluding hydrogens is 390 g/mol. The molecule has 1 aliphatic carbocycles. The molecule has 0 radical (unpaired) electrons. The molecule has 3 aromatic heterocycles. The summed E-state index contributed by atoms with van der Waals surface area (Å²) in [5.74, 6) is 0.228. The van der Waals surface area contributed by atoms with Crippen LogP contribution in [0.5, 0.6) is 0 Å². The number of rotatable bonds is 6. The van der Waals surface area contributed by atoms with Crippen molar-refractivity contribution in [3.63, 3.8) is 0 Å². The first-order valence-electron chi connectivity index (χ1n) is 9.60. The second kappa shape index (κ2) is 8.52. The lowest BCUT2D eigenvalue weighted by Crippen LogP contribution is -2.17. The summed E-state index contributed by atoms with van der Waals surface area (Å²) in [4.78, 5) is 34.8. The number of aromatic nitrogens is 4. The molecule has 0 aromatic carbocycles. The maximum atomic E-state index is 12.6. The molecule has 1 amide bonds. The number of amides is 1. The third-order valence-corrected chi connectivity index (χ3v) is 5.86. The molecule has 3 aromatic rings. The number of esters is 1. The van der Waals surface area contributed by atoms with Gasteiger partial charge in [-0.3, -0.25) is 14.9 Å². The van der Waals surface area contributed by atoms with Crippen molar-refractivity contribution in [2.45, 2.75) is 39.0 Å². The highest BCUT2D eigenvalue weighted by Crippen LogP contribution is 2.38. The fourth-order valence-corrected chi connectivity index (χ4v) is 4.67. The van der Waals surface area contributed by atoms with Gasteiger partial charge in [0.2, 0.25) is 5.91 Å². The van der Waals surface area contributed by atoms with Crippen LogP contribution < -0.4 is 5.32 Å². The van der Waals surface area contributed by atoms with E-state index in [1.54, 1.807) is 19.2 Å². The molecule has 3 heterocycles. The number of hydrogen-bond donors (Lipinski definition) is 2. The van der Waals surface area contributed by atoms with Gasteiger partial charge in [0.15, 0.2) is 5.82 Å². The fourth-order valence-electron chi connectivity index (χ4n) is 3.38. The molecule has 0 atom stereocenters. The van der Waals surface area contributed by atoms with Crippen LogP contribution in [0.25, 0.3) is 11.5 Å². The highest BCUT2D eigenvalue weighted by Gasteiger charge is 2.27. The number of carbonyl (C=O) groups is 2. The number of ether oxygens (including phenoxy) is 1. The third-order valence-electron chi connectivity index (χ3n) is 4.66. The second-order valence-electron chi connectivity index (χ2n) is 6.68. The van der Waals surface area contributed by atoms with Gasteiger partial charge in [-0.1, -0.05) is 6.07 Å². The first-order valence-corrected chi connectivity index (χ1v) is 10.4. The Morgan fingerprint density at radius 3 is 2.93 bits per heavy atom. The molecule has 4 rings (SSSR count). The molecule has 0 fully saturated rings. The second-order valence-corrected chi connectivity index (χ2v) is 7.79. The van der Waals surface area contributed by atoms with Crippen molar-refractivity contribution in [2.75, 3.05) is 11.9 Å². The van der Waals surface area contributed by atoms with Crippen LogP contribution in [0.1, 0.15) is 46.4 Å². The molecule has 0 bridgehead atoms. The topological polar surface area (TPSA) is 110 Å². The van der Waals surface area contributed by atoms with Crippen molar-refractivity contribution < 1.29 is 14.3 Å². The predicted octanol–water partition coefficient (Wildman–Crippen LogP) is 3.16. The van der Waals surface area contributed by atoms with Gasteiger partial charge in [0.1, 0.15) is 16.5 Å². The van der Waals surface area contributed by atoms with Gasteiger partial charge in [-0.2, -0.15) is 5.10 Å². The summed E-state index contributed by atoms with van der Waals surface area (Å²) in [7, 11) is 0. The van der Waals surface area contributed by atoms with E-state index in [0.717, 1.165) is 36.1 Å². The van der Waals surface area contributed by atoms with Gasteiger partial charge in [-0.15, -0.1) is 11.3 Å². The molecule has 0 saturated heterocycles. The lowest BCUT2D eigenvalue weighted by atomic mass is 9.95. The van der Waals surface area contributed by atoms with Gasteiger partial charge in [0, 0.05) is 11.1 Å².